The van der Waals surface area contributed by atoms with Gasteiger partial charge < -0.3 is 14.2 Å². The molecule has 1 aromatic rings. The van der Waals surface area contributed by atoms with E-state index in [0.717, 1.165) is 0 Å². The van der Waals surface area contributed by atoms with Crippen LogP contribution in [0.25, 0.3) is 0 Å². The molecule has 92 valence electrons. The topological polar surface area (TPSA) is 44.8 Å². The SMILES string of the molecule is CC1(C)OC[C@H](C[18O]C(=[18O])c2ccccc2)O1. The van der Waals surface area contributed by atoms with E-state index in [0.29, 0.717) is 12.2 Å². The van der Waals surface area contributed by atoms with Crippen LogP contribution < -0.4 is 0 Å². The Morgan fingerprint density at radius 1 is 1.41 bits per heavy atom. The van der Waals surface area contributed by atoms with Crippen molar-refractivity contribution in [2.24, 2.45) is 0 Å². The molecule has 0 unspecified atom stereocenters. The van der Waals surface area contributed by atoms with Gasteiger partial charge >= 0.3 is 5.97 Å². The van der Waals surface area contributed by atoms with Crippen LogP contribution in [0.5, 0.6) is 0 Å². The van der Waals surface area contributed by atoms with E-state index in [9.17, 15) is 4.79 Å². The van der Waals surface area contributed by atoms with Crippen LogP contribution in [-0.4, -0.2) is 31.1 Å². The average Bonchev–Trinajstić information content (AvgIpc) is 2.67. The Morgan fingerprint density at radius 2 is 2.12 bits per heavy atom. The third-order valence-corrected chi connectivity index (χ3v) is 2.48. The van der Waals surface area contributed by atoms with E-state index in [4.69, 9.17) is 14.2 Å². The van der Waals surface area contributed by atoms with Crippen LogP contribution in [0.3, 0.4) is 0 Å². The lowest BCUT2D eigenvalue weighted by molar-refractivity contribution is -0.142. The maximum absolute atomic E-state index is 11.6. The van der Waals surface area contributed by atoms with Gasteiger partial charge in [-0.15, -0.1) is 0 Å². The van der Waals surface area contributed by atoms with E-state index in [-0.39, 0.29) is 18.7 Å². The number of benzene rings is 1. The third-order valence-electron chi connectivity index (χ3n) is 2.48. The number of rotatable bonds is 3. The molecule has 0 N–H and O–H groups in total. The number of carbonyl (C=O) groups is 1. The van der Waals surface area contributed by atoms with E-state index in [1.54, 1.807) is 24.3 Å². The molecule has 1 aromatic carbocycles. The quantitative estimate of drug-likeness (QED) is 0.598. The van der Waals surface area contributed by atoms with Crippen LogP contribution in [0.2, 0.25) is 0 Å². The molecule has 1 fully saturated rings. The summed E-state index contributed by atoms with van der Waals surface area (Å²) in [7, 11) is 0. The summed E-state index contributed by atoms with van der Waals surface area (Å²) in [6, 6.07) is 8.90. The van der Waals surface area contributed by atoms with Gasteiger partial charge in [0.15, 0.2) is 5.79 Å². The third kappa shape index (κ3) is 3.28. The van der Waals surface area contributed by atoms with Gasteiger partial charge in [-0.25, -0.2) is 4.79 Å². The summed E-state index contributed by atoms with van der Waals surface area (Å²) in [6.07, 6.45) is -0.183. The molecule has 4 heteroatoms. The van der Waals surface area contributed by atoms with Crippen LogP contribution >= 0.6 is 0 Å². The van der Waals surface area contributed by atoms with Crippen molar-refractivity contribution in [1.29, 1.82) is 0 Å². The molecule has 4 nitrogen and oxygen atoms in total. The average molecular weight is 240 g/mol. The fourth-order valence-corrected chi connectivity index (χ4v) is 1.67. The highest BCUT2D eigenvalue weighted by molar-refractivity contribution is 5.89. The van der Waals surface area contributed by atoms with E-state index in [2.05, 4.69) is 0 Å². The molecule has 0 bridgehead atoms. The Balaban J connectivity index is 1.82. The summed E-state index contributed by atoms with van der Waals surface area (Å²) in [4.78, 5) is 11.6. The van der Waals surface area contributed by atoms with Gasteiger partial charge in [-0.3, -0.25) is 0 Å². The van der Waals surface area contributed by atoms with Crippen LogP contribution in [-0.2, 0) is 14.2 Å². The van der Waals surface area contributed by atoms with Gasteiger partial charge in [-0.05, 0) is 26.0 Å². The molecule has 1 heterocycles. The zero-order valence-electron chi connectivity index (χ0n) is 10.0. The summed E-state index contributed by atoms with van der Waals surface area (Å²) in [5.41, 5.74) is 0.547. The number of hydrogen-bond acceptors (Lipinski definition) is 4. The van der Waals surface area contributed by atoms with E-state index in [1.807, 2.05) is 19.9 Å². The monoisotopic (exact) mass is 240 g/mol. The molecule has 0 saturated carbocycles. The molecule has 17 heavy (non-hydrogen) atoms. The van der Waals surface area contributed by atoms with Gasteiger partial charge in [-0.1, -0.05) is 18.2 Å². The lowest BCUT2D eigenvalue weighted by Gasteiger charge is -2.16. The molecule has 2 rings (SSSR count). The summed E-state index contributed by atoms with van der Waals surface area (Å²) in [6.45, 7) is 4.35. The fourth-order valence-electron chi connectivity index (χ4n) is 1.67. The standard InChI is InChI=1S/C13H16O4/c1-13(2)16-9-11(17-13)8-15-12(14)10-6-4-3-5-7-10/h3-7,11H,8-9H2,1-2H3/t11-/m0/s1/i14+2,15+2. The van der Waals surface area contributed by atoms with Crippen molar-refractivity contribution in [1.82, 2.24) is 0 Å². The molecule has 1 aliphatic rings. The second kappa shape index (κ2) is 4.85. The largest absolute Gasteiger partial charge is 0.459 e. The molecule has 1 atom stereocenters. The maximum Gasteiger partial charge on any atom is 0.338 e. The number of esters is 1. The van der Waals surface area contributed by atoms with Crippen LogP contribution in [0, 0.1) is 0 Å². The first-order valence-electron chi connectivity index (χ1n) is 5.61. The highest BCUT2D eigenvalue weighted by atomic mass is 18.4. The van der Waals surface area contributed by atoms with E-state index >= 15 is 0 Å². The van der Waals surface area contributed by atoms with Gasteiger partial charge in [-0.2, -0.15) is 0 Å². The number of carbonyl (C=O) groups excluding carboxylic acids is 1. The van der Waals surface area contributed by atoms with Crippen molar-refractivity contribution in [2.45, 2.75) is 25.7 Å². The molecular formula is C13H16O4. The van der Waals surface area contributed by atoms with Crippen molar-refractivity contribution in [3.8, 4) is 0 Å². The van der Waals surface area contributed by atoms with Gasteiger partial charge in [0, 0.05) is 0 Å². The lowest BCUT2D eigenvalue weighted by atomic mass is 10.2. The lowest BCUT2D eigenvalue weighted by Crippen LogP contribution is -2.25. The van der Waals surface area contributed by atoms with Crippen molar-refractivity contribution in [3.63, 3.8) is 0 Å². The molecule has 1 saturated heterocycles. The fraction of sp³-hybridized carbons (Fsp3) is 0.462. The Kier molecular flexibility index (Phi) is 3.45. The summed E-state index contributed by atoms with van der Waals surface area (Å²) in [5.74, 6) is -0.914. The van der Waals surface area contributed by atoms with Crippen LogP contribution in [0.4, 0.5) is 0 Å². The minimum atomic E-state index is -0.580. The van der Waals surface area contributed by atoms with Crippen molar-refractivity contribution in [3.05, 3.63) is 35.9 Å². The molecule has 0 aromatic heterocycles. The summed E-state index contributed by atoms with van der Waals surface area (Å²) >= 11 is 0. The highest BCUT2D eigenvalue weighted by Crippen LogP contribution is 2.22. The summed E-state index contributed by atoms with van der Waals surface area (Å²) in [5, 5.41) is 0. The van der Waals surface area contributed by atoms with Crippen LogP contribution in [0.15, 0.2) is 30.3 Å². The Labute approximate surface area is 100 Å². The van der Waals surface area contributed by atoms with Gasteiger partial charge in [0.2, 0.25) is 0 Å². The smallest absolute Gasteiger partial charge is 0.338 e. The van der Waals surface area contributed by atoms with E-state index in [1.165, 1.54) is 0 Å². The molecule has 0 spiro atoms. The molecule has 0 aliphatic carbocycles. The summed E-state index contributed by atoms with van der Waals surface area (Å²) < 4.78 is 16.1. The van der Waals surface area contributed by atoms with Gasteiger partial charge in [0.25, 0.3) is 0 Å². The van der Waals surface area contributed by atoms with Gasteiger partial charge in [0.05, 0.1) is 12.2 Å². The minimum absolute atomic E-state index is 0.183. The maximum atomic E-state index is 11.6. The minimum Gasteiger partial charge on any atom is -0.459 e. The normalized spacial score (nSPS) is 22.4. The highest BCUT2D eigenvalue weighted by Gasteiger charge is 2.33. The zero-order chi connectivity index (χ0) is 12.3. The van der Waals surface area contributed by atoms with Crippen molar-refractivity contribution < 1.29 is 19.0 Å². The van der Waals surface area contributed by atoms with Gasteiger partial charge in [0.1, 0.15) is 12.7 Å². The molecule has 0 radical (unpaired) electrons. The number of hydrogen-bond donors (Lipinski definition) is 0. The predicted octanol–water partition coefficient (Wildman–Crippen LogP) is 1.99. The first-order valence-corrected chi connectivity index (χ1v) is 5.61. The molecule has 1 aliphatic heterocycles. The Hall–Kier alpha value is -1.39. The Bertz CT molecular complexity index is 386. The second-order valence-corrected chi connectivity index (χ2v) is 4.42. The van der Waals surface area contributed by atoms with Crippen LogP contribution in [0.1, 0.15) is 24.2 Å². The Morgan fingerprint density at radius 3 is 2.71 bits per heavy atom. The van der Waals surface area contributed by atoms with Crippen molar-refractivity contribution in [2.75, 3.05) is 13.2 Å². The zero-order valence-corrected chi connectivity index (χ0v) is 10.0. The number of ether oxygens (including phenoxy) is 3. The molecule has 0 amide bonds. The second-order valence-electron chi connectivity index (χ2n) is 4.42. The van der Waals surface area contributed by atoms with Crippen molar-refractivity contribution >= 4 is 5.97 Å². The predicted molar refractivity (Wildman–Crippen MR) is 61.6 cm³/mol. The first-order chi connectivity index (χ1) is 8.07. The van der Waals surface area contributed by atoms with E-state index < -0.39 is 5.79 Å². The molecular weight excluding hydrogens is 224 g/mol. The first kappa shape index (κ1) is 12.1.